The van der Waals surface area contributed by atoms with E-state index in [1.165, 1.54) is 12.1 Å². The molecule has 2 aromatic rings. The number of hydrogen-bond acceptors (Lipinski definition) is 4. The molecular weight excluding hydrogens is 288 g/mol. The molecule has 0 radical (unpaired) electrons. The number of nitrogens with one attached hydrogen (secondary N) is 1. The minimum absolute atomic E-state index is 0.138. The molecule has 1 aliphatic rings. The SMILES string of the molecule is CN1CCCN(c2ccc(-c3ccc(C#N)c(=O)[nH]3)cc2)CC1. The van der Waals surface area contributed by atoms with Crippen LogP contribution in [0.25, 0.3) is 11.3 Å². The van der Waals surface area contributed by atoms with Gasteiger partial charge in [0.25, 0.3) is 5.56 Å². The summed E-state index contributed by atoms with van der Waals surface area (Å²) in [6.45, 7) is 4.31. The maximum Gasteiger partial charge on any atom is 0.266 e. The molecule has 5 nitrogen and oxygen atoms in total. The van der Waals surface area contributed by atoms with Gasteiger partial charge in [0.2, 0.25) is 0 Å². The summed E-state index contributed by atoms with van der Waals surface area (Å²) < 4.78 is 0. The highest BCUT2D eigenvalue weighted by Gasteiger charge is 2.12. The van der Waals surface area contributed by atoms with Gasteiger partial charge < -0.3 is 14.8 Å². The first-order valence-corrected chi connectivity index (χ1v) is 7.85. The molecule has 1 aromatic heterocycles. The molecule has 0 amide bonds. The van der Waals surface area contributed by atoms with E-state index in [4.69, 9.17) is 5.26 Å². The number of nitrogens with zero attached hydrogens (tertiary/aromatic N) is 3. The Bertz CT molecular complexity index is 773. The van der Waals surface area contributed by atoms with Crippen LogP contribution >= 0.6 is 0 Å². The first kappa shape index (κ1) is 15.3. The van der Waals surface area contributed by atoms with Gasteiger partial charge in [-0.25, -0.2) is 0 Å². The van der Waals surface area contributed by atoms with E-state index in [1.54, 1.807) is 12.1 Å². The molecule has 23 heavy (non-hydrogen) atoms. The van der Waals surface area contributed by atoms with Crippen molar-refractivity contribution in [2.45, 2.75) is 6.42 Å². The first-order valence-electron chi connectivity index (χ1n) is 7.85. The van der Waals surface area contributed by atoms with Gasteiger partial charge in [-0.05, 0) is 49.8 Å². The van der Waals surface area contributed by atoms with Crippen LogP contribution in [0.4, 0.5) is 5.69 Å². The van der Waals surface area contributed by atoms with Crippen molar-refractivity contribution in [2.75, 3.05) is 38.1 Å². The minimum atomic E-state index is -0.343. The number of anilines is 1. The minimum Gasteiger partial charge on any atom is -0.370 e. The highest BCUT2D eigenvalue weighted by molar-refractivity contribution is 5.63. The molecule has 2 heterocycles. The lowest BCUT2D eigenvalue weighted by Crippen LogP contribution is -2.28. The van der Waals surface area contributed by atoms with Crippen LogP contribution in [0.3, 0.4) is 0 Å². The van der Waals surface area contributed by atoms with Crippen molar-refractivity contribution >= 4 is 5.69 Å². The predicted molar refractivity (Wildman–Crippen MR) is 91.5 cm³/mol. The van der Waals surface area contributed by atoms with Crippen LogP contribution in [0.15, 0.2) is 41.2 Å². The molecule has 0 aliphatic carbocycles. The molecular formula is C18H20N4O. The maximum atomic E-state index is 11.7. The summed E-state index contributed by atoms with van der Waals surface area (Å²) in [6, 6.07) is 13.4. The molecule has 1 aliphatic heterocycles. The third-order valence-electron chi connectivity index (χ3n) is 4.29. The number of H-pyrrole nitrogens is 1. The van der Waals surface area contributed by atoms with Gasteiger partial charge in [-0.2, -0.15) is 5.26 Å². The molecule has 0 spiro atoms. The van der Waals surface area contributed by atoms with E-state index < -0.39 is 0 Å². The highest BCUT2D eigenvalue weighted by atomic mass is 16.1. The Morgan fingerprint density at radius 2 is 1.83 bits per heavy atom. The number of aromatic amines is 1. The first-order chi connectivity index (χ1) is 11.2. The topological polar surface area (TPSA) is 63.1 Å². The van der Waals surface area contributed by atoms with E-state index in [1.807, 2.05) is 18.2 Å². The van der Waals surface area contributed by atoms with Crippen LogP contribution < -0.4 is 10.5 Å². The summed E-state index contributed by atoms with van der Waals surface area (Å²) in [6.07, 6.45) is 1.17. The summed E-state index contributed by atoms with van der Waals surface area (Å²) in [5.41, 5.74) is 2.68. The van der Waals surface area contributed by atoms with Gasteiger partial charge in [0.05, 0.1) is 0 Å². The average Bonchev–Trinajstić information content (AvgIpc) is 2.79. The average molecular weight is 308 g/mol. The van der Waals surface area contributed by atoms with E-state index in [-0.39, 0.29) is 11.1 Å². The number of aromatic nitrogens is 1. The van der Waals surface area contributed by atoms with Crippen LogP contribution in [0, 0.1) is 11.3 Å². The van der Waals surface area contributed by atoms with Crippen LogP contribution in [0.5, 0.6) is 0 Å². The van der Waals surface area contributed by atoms with Gasteiger partial charge in [0, 0.05) is 31.0 Å². The van der Waals surface area contributed by atoms with Crippen molar-refractivity contribution in [3.05, 3.63) is 52.3 Å². The van der Waals surface area contributed by atoms with Crippen LogP contribution in [0.1, 0.15) is 12.0 Å². The lowest BCUT2D eigenvalue weighted by Gasteiger charge is -2.23. The number of rotatable bonds is 2. The number of benzene rings is 1. The summed E-state index contributed by atoms with van der Waals surface area (Å²) in [4.78, 5) is 19.3. The fraction of sp³-hybridized carbons (Fsp3) is 0.333. The van der Waals surface area contributed by atoms with Crippen molar-refractivity contribution in [1.29, 1.82) is 5.26 Å². The van der Waals surface area contributed by atoms with Crippen LogP contribution in [0.2, 0.25) is 0 Å². The zero-order valence-corrected chi connectivity index (χ0v) is 13.2. The van der Waals surface area contributed by atoms with Gasteiger partial charge >= 0.3 is 0 Å². The second-order valence-electron chi connectivity index (χ2n) is 5.92. The summed E-state index contributed by atoms with van der Waals surface area (Å²) in [5.74, 6) is 0. The lowest BCUT2D eigenvalue weighted by molar-refractivity contribution is 0.360. The molecule has 1 saturated heterocycles. The Morgan fingerprint density at radius 3 is 2.52 bits per heavy atom. The van der Waals surface area contributed by atoms with Gasteiger partial charge in [-0.3, -0.25) is 4.79 Å². The fourth-order valence-corrected chi connectivity index (χ4v) is 2.89. The number of likely N-dealkylation sites (N-methyl/N-ethyl adjacent to an activating group) is 1. The van der Waals surface area contributed by atoms with Crippen molar-refractivity contribution in [3.8, 4) is 17.3 Å². The molecule has 1 aromatic carbocycles. The molecule has 0 atom stereocenters. The third kappa shape index (κ3) is 3.43. The molecule has 1 N–H and O–H groups in total. The highest BCUT2D eigenvalue weighted by Crippen LogP contribution is 2.22. The largest absolute Gasteiger partial charge is 0.370 e. The Kier molecular flexibility index (Phi) is 4.45. The molecule has 1 fully saturated rings. The normalized spacial score (nSPS) is 15.9. The van der Waals surface area contributed by atoms with Crippen molar-refractivity contribution < 1.29 is 0 Å². The standard InChI is InChI=1S/C18H20N4O/c1-21-9-2-10-22(12-11-21)16-6-3-14(4-7-16)17-8-5-15(13-19)18(23)20-17/h3-8H,2,9-12H2,1H3,(H,20,23). The van der Waals surface area contributed by atoms with E-state index in [0.717, 1.165) is 37.4 Å². The van der Waals surface area contributed by atoms with Gasteiger partial charge in [0.1, 0.15) is 11.6 Å². The fourth-order valence-electron chi connectivity index (χ4n) is 2.89. The Morgan fingerprint density at radius 1 is 1.04 bits per heavy atom. The van der Waals surface area contributed by atoms with E-state index in [0.29, 0.717) is 0 Å². The second-order valence-corrected chi connectivity index (χ2v) is 5.92. The lowest BCUT2D eigenvalue weighted by atomic mass is 10.1. The zero-order valence-electron chi connectivity index (χ0n) is 13.2. The molecule has 5 heteroatoms. The summed E-state index contributed by atoms with van der Waals surface area (Å²) >= 11 is 0. The number of nitriles is 1. The van der Waals surface area contributed by atoms with Crippen molar-refractivity contribution in [3.63, 3.8) is 0 Å². The summed E-state index contributed by atoms with van der Waals surface area (Å²) in [7, 11) is 2.16. The maximum absolute atomic E-state index is 11.7. The number of hydrogen-bond donors (Lipinski definition) is 1. The van der Waals surface area contributed by atoms with Gasteiger partial charge in [-0.1, -0.05) is 12.1 Å². The van der Waals surface area contributed by atoms with Crippen molar-refractivity contribution in [2.24, 2.45) is 0 Å². The van der Waals surface area contributed by atoms with Crippen LogP contribution in [-0.4, -0.2) is 43.1 Å². The molecule has 0 saturated carbocycles. The van der Waals surface area contributed by atoms with Crippen molar-refractivity contribution in [1.82, 2.24) is 9.88 Å². The smallest absolute Gasteiger partial charge is 0.266 e. The Hall–Kier alpha value is -2.58. The molecule has 3 rings (SSSR count). The number of pyridine rings is 1. The molecule has 0 unspecified atom stereocenters. The van der Waals surface area contributed by atoms with Gasteiger partial charge in [-0.15, -0.1) is 0 Å². The quantitative estimate of drug-likeness (QED) is 0.922. The Labute approximate surface area is 135 Å². The van der Waals surface area contributed by atoms with E-state index >= 15 is 0 Å². The van der Waals surface area contributed by atoms with Crippen LogP contribution in [-0.2, 0) is 0 Å². The predicted octanol–water partition coefficient (Wildman–Crippen LogP) is 2.06. The zero-order chi connectivity index (χ0) is 16.2. The Balaban J connectivity index is 1.81. The second kappa shape index (κ2) is 6.67. The van der Waals surface area contributed by atoms with E-state index in [2.05, 4.69) is 34.0 Å². The monoisotopic (exact) mass is 308 g/mol. The molecule has 118 valence electrons. The summed E-state index contributed by atoms with van der Waals surface area (Å²) in [5, 5.41) is 8.82. The van der Waals surface area contributed by atoms with E-state index in [9.17, 15) is 4.79 Å². The third-order valence-corrected chi connectivity index (χ3v) is 4.29. The molecule has 0 bridgehead atoms. The van der Waals surface area contributed by atoms with Gasteiger partial charge in [0.15, 0.2) is 0 Å².